The maximum atomic E-state index is 12.5. The number of rotatable bonds is 4. The molecule has 136 valence electrons. The minimum atomic E-state index is -0.158. The molecule has 0 saturated carbocycles. The summed E-state index contributed by atoms with van der Waals surface area (Å²) >= 11 is 0. The summed E-state index contributed by atoms with van der Waals surface area (Å²) in [5.74, 6) is 1.87. The van der Waals surface area contributed by atoms with E-state index >= 15 is 0 Å². The van der Waals surface area contributed by atoms with Gasteiger partial charge in [0, 0.05) is 23.9 Å². The number of amides is 1. The lowest BCUT2D eigenvalue weighted by atomic mass is 10.1. The van der Waals surface area contributed by atoms with Crippen LogP contribution in [0.2, 0.25) is 0 Å². The van der Waals surface area contributed by atoms with Gasteiger partial charge in [-0.2, -0.15) is 0 Å². The third-order valence-corrected chi connectivity index (χ3v) is 4.93. The second-order valence-corrected chi connectivity index (χ2v) is 6.72. The molecule has 0 unspecified atom stereocenters. The number of aryl methyl sites for hydroxylation is 1. The van der Waals surface area contributed by atoms with Crippen molar-refractivity contribution in [1.82, 2.24) is 20.2 Å². The van der Waals surface area contributed by atoms with Crippen molar-refractivity contribution in [2.45, 2.75) is 32.4 Å². The lowest BCUT2D eigenvalue weighted by molar-refractivity contribution is 0.0950. The van der Waals surface area contributed by atoms with Crippen LogP contribution in [0.25, 0.3) is 0 Å². The highest BCUT2D eigenvalue weighted by molar-refractivity contribution is 5.94. The predicted octanol–water partition coefficient (Wildman–Crippen LogP) is 2.21. The molecule has 0 spiro atoms. The van der Waals surface area contributed by atoms with Gasteiger partial charge in [-0.05, 0) is 51.6 Å². The number of hydrogen-bond acceptors (Lipinski definition) is 6. The normalized spacial score (nSPS) is 18.9. The minimum absolute atomic E-state index is 0.158. The number of carbonyl (C=O) groups excluding carboxylic acids is 1. The van der Waals surface area contributed by atoms with Crippen LogP contribution in [0.1, 0.15) is 46.3 Å². The second kappa shape index (κ2) is 6.92. The molecule has 1 saturated heterocycles. The molecule has 1 fully saturated rings. The summed E-state index contributed by atoms with van der Waals surface area (Å²) in [4.78, 5) is 23.8. The number of hydrogen-bond donors (Lipinski definition) is 1. The summed E-state index contributed by atoms with van der Waals surface area (Å²) in [6, 6.07) is 5.48. The molecule has 1 N–H and O–H groups in total. The van der Waals surface area contributed by atoms with Gasteiger partial charge in [0.1, 0.15) is 5.82 Å². The maximum absolute atomic E-state index is 12.5. The SMILES string of the molecule is Cc1ncc(CNC(=O)c2ccc3c(c2)OCO3)c([C@@H]2CCCN2C)n1. The molecule has 1 atom stereocenters. The van der Waals surface area contributed by atoms with Gasteiger partial charge >= 0.3 is 0 Å². The van der Waals surface area contributed by atoms with E-state index in [4.69, 9.17) is 9.47 Å². The lowest BCUT2D eigenvalue weighted by Gasteiger charge is -2.21. The Hall–Kier alpha value is -2.67. The van der Waals surface area contributed by atoms with Gasteiger partial charge in [-0.1, -0.05) is 0 Å². The predicted molar refractivity (Wildman–Crippen MR) is 95.1 cm³/mol. The molecule has 2 aliphatic heterocycles. The zero-order valence-electron chi connectivity index (χ0n) is 15.0. The molecule has 1 amide bonds. The van der Waals surface area contributed by atoms with Gasteiger partial charge in [-0.15, -0.1) is 0 Å². The number of aromatic nitrogens is 2. The molecule has 7 nitrogen and oxygen atoms in total. The number of likely N-dealkylation sites (tertiary alicyclic amines) is 1. The van der Waals surface area contributed by atoms with Crippen LogP contribution >= 0.6 is 0 Å². The molecule has 4 rings (SSSR count). The Morgan fingerprint density at radius 1 is 1.35 bits per heavy atom. The van der Waals surface area contributed by atoms with Crippen molar-refractivity contribution in [3.05, 3.63) is 47.0 Å². The first-order valence-electron chi connectivity index (χ1n) is 8.82. The first kappa shape index (κ1) is 16.8. The highest BCUT2D eigenvalue weighted by atomic mass is 16.7. The third kappa shape index (κ3) is 3.22. The average molecular weight is 354 g/mol. The van der Waals surface area contributed by atoms with E-state index in [1.165, 1.54) is 0 Å². The number of ether oxygens (including phenoxy) is 2. The molecule has 2 aromatic rings. The van der Waals surface area contributed by atoms with E-state index in [2.05, 4.69) is 27.2 Å². The van der Waals surface area contributed by atoms with Gasteiger partial charge < -0.3 is 14.8 Å². The first-order chi connectivity index (χ1) is 12.6. The van der Waals surface area contributed by atoms with Crippen LogP contribution in [-0.2, 0) is 6.54 Å². The Morgan fingerprint density at radius 2 is 2.19 bits per heavy atom. The largest absolute Gasteiger partial charge is 0.454 e. The van der Waals surface area contributed by atoms with Crippen molar-refractivity contribution < 1.29 is 14.3 Å². The molecule has 0 radical (unpaired) electrons. The number of nitrogens with zero attached hydrogens (tertiary/aromatic N) is 3. The van der Waals surface area contributed by atoms with E-state index in [1.807, 2.05) is 13.1 Å². The van der Waals surface area contributed by atoms with Crippen molar-refractivity contribution in [1.29, 1.82) is 0 Å². The average Bonchev–Trinajstić information content (AvgIpc) is 3.28. The molecule has 1 aromatic heterocycles. The summed E-state index contributed by atoms with van der Waals surface area (Å²) in [6.45, 7) is 3.55. The van der Waals surface area contributed by atoms with Crippen LogP contribution < -0.4 is 14.8 Å². The van der Waals surface area contributed by atoms with Crippen molar-refractivity contribution in [3.8, 4) is 11.5 Å². The fourth-order valence-electron chi connectivity index (χ4n) is 3.51. The molecule has 7 heteroatoms. The monoisotopic (exact) mass is 354 g/mol. The Kier molecular flexibility index (Phi) is 4.46. The topological polar surface area (TPSA) is 76.6 Å². The number of fused-ring (bicyclic) bond motifs is 1. The summed E-state index contributed by atoms with van der Waals surface area (Å²) in [5, 5.41) is 2.97. The number of carbonyl (C=O) groups is 1. The number of benzene rings is 1. The summed E-state index contributed by atoms with van der Waals surface area (Å²) in [7, 11) is 2.12. The highest BCUT2D eigenvalue weighted by Crippen LogP contribution is 2.33. The molecular formula is C19H22N4O3. The van der Waals surface area contributed by atoms with E-state index in [-0.39, 0.29) is 18.7 Å². The molecule has 0 aliphatic carbocycles. The molecule has 1 aromatic carbocycles. The van der Waals surface area contributed by atoms with E-state index in [0.717, 1.165) is 36.5 Å². The number of nitrogens with one attached hydrogen (secondary N) is 1. The summed E-state index contributed by atoms with van der Waals surface area (Å²) in [5.41, 5.74) is 2.52. The highest BCUT2D eigenvalue weighted by Gasteiger charge is 2.26. The van der Waals surface area contributed by atoms with Gasteiger partial charge in [-0.3, -0.25) is 9.69 Å². The fourth-order valence-corrected chi connectivity index (χ4v) is 3.51. The Balaban J connectivity index is 1.50. The van der Waals surface area contributed by atoms with Gasteiger partial charge in [0.25, 0.3) is 5.91 Å². The van der Waals surface area contributed by atoms with Crippen molar-refractivity contribution in [2.75, 3.05) is 20.4 Å². The van der Waals surface area contributed by atoms with Crippen LogP contribution in [0.15, 0.2) is 24.4 Å². The lowest BCUT2D eigenvalue weighted by Crippen LogP contribution is -2.26. The fraction of sp³-hybridized carbons (Fsp3) is 0.421. The summed E-state index contributed by atoms with van der Waals surface area (Å²) < 4.78 is 10.6. The smallest absolute Gasteiger partial charge is 0.251 e. The first-order valence-corrected chi connectivity index (χ1v) is 8.82. The molecule has 3 heterocycles. The van der Waals surface area contributed by atoms with Crippen molar-refractivity contribution in [3.63, 3.8) is 0 Å². The van der Waals surface area contributed by atoms with Crippen molar-refractivity contribution in [2.24, 2.45) is 0 Å². The van der Waals surface area contributed by atoms with E-state index in [9.17, 15) is 4.79 Å². The molecule has 26 heavy (non-hydrogen) atoms. The third-order valence-electron chi connectivity index (χ3n) is 4.93. The Morgan fingerprint density at radius 3 is 3.00 bits per heavy atom. The van der Waals surface area contributed by atoms with Crippen LogP contribution in [0.3, 0.4) is 0 Å². The van der Waals surface area contributed by atoms with Crippen molar-refractivity contribution >= 4 is 5.91 Å². The molecular weight excluding hydrogens is 332 g/mol. The summed E-state index contributed by atoms with van der Waals surface area (Å²) in [6.07, 6.45) is 4.06. The van der Waals surface area contributed by atoms with Crippen LogP contribution in [-0.4, -0.2) is 41.2 Å². The van der Waals surface area contributed by atoms with Crippen LogP contribution in [0, 0.1) is 6.92 Å². The standard InChI is InChI=1S/C19H22N4O3/c1-12-20-9-14(18(22-12)15-4-3-7-23(15)2)10-21-19(24)13-5-6-16-17(8-13)26-11-25-16/h5-6,8-9,15H,3-4,7,10-11H2,1-2H3,(H,21,24)/t15-/m0/s1. The van der Waals surface area contributed by atoms with Gasteiger partial charge in [-0.25, -0.2) is 9.97 Å². The van der Waals surface area contributed by atoms with Crippen LogP contribution in [0.5, 0.6) is 11.5 Å². The van der Waals surface area contributed by atoms with Gasteiger partial charge in [0.15, 0.2) is 11.5 Å². The maximum Gasteiger partial charge on any atom is 0.251 e. The van der Waals surface area contributed by atoms with E-state index in [0.29, 0.717) is 23.6 Å². The Labute approximate surface area is 152 Å². The van der Waals surface area contributed by atoms with Crippen LogP contribution in [0.4, 0.5) is 0 Å². The molecule has 0 bridgehead atoms. The minimum Gasteiger partial charge on any atom is -0.454 e. The second-order valence-electron chi connectivity index (χ2n) is 6.72. The zero-order valence-corrected chi connectivity index (χ0v) is 15.0. The molecule has 2 aliphatic rings. The van der Waals surface area contributed by atoms with E-state index < -0.39 is 0 Å². The van der Waals surface area contributed by atoms with Gasteiger partial charge in [0.2, 0.25) is 6.79 Å². The van der Waals surface area contributed by atoms with E-state index in [1.54, 1.807) is 18.2 Å². The quantitative estimate of drug-likeness (QED) is 0.907. The van der Waals surface area contributed by atoms with Gasteiger partial charge in [0.05, 0.1) is 11.7 Å². The Bertz CT molecular complexity index is 840. The zero-order chi connectivity index (χ0) is 18.1.